The van der Waals surface area contributed by atoms with Gasteiger partial charge in [0.05, 0.1) is 5.54 Å². The van der Waals surface area contributed by atoms with Gasteiger partial charge in [0.25, 0.3) is 0 Å². The Bertz CT molecular complexity index is 585. The predicted octanol–water partition coefficient (Wildman–Crippen LogP) is 0.891. The van der Waals surface area contributed by atoms with Crippen molar-refractivity contribution < 1.29 is 9.59 Å². The molecule has 132 valence electrons. The Hall–Kier alpha value is -1.96. The second-order valence-electron chi connectivity index (χ2n) is 6.88. The Balaban J connectivity index is 1.55. The molecule has 1 saturated carbocycles. The first-order valence-corrected chi connectivity index (χ1v) is 8.84. The first-order chi connectivity index (χ1) is 11.6. The molecule has 24 heavy (non-hydrogen) atoms. The number of nitrogens with two attached hydrogens (primary N) is 1. The highest BCUT2D eigenvalue weighted by Gasteiger charge is 2.37. The molecule has 1 saturated heterocycles. The van der Waals surface area contributed by atoms with Crippen LogP contribution >= 0.6 is 0 Å². The molecule has 0 radical (unpaired) electrons. The van der Waals surface area contributed by atoms with Gasteiger partial charge in [0.2, 0.25) is 17.8 Å². The van der Waals surface area contributed by atoms with E-state index in [2.05, 4.69) is 15.4 Å². The van der Waals surface area contributed by atoms with E-state index in [9.17, 15) is 9.59 Å². The lowest BCUT2D eigenvalue weighted by atomic mass is 9.98. The van der Waals surface area contributed by atoms with Crippen molar-refractivity contribution in [1.82, 2.24) is 19.7 Å². The van der Waals surface area contributed by atoms with Crippen molar-refractivity contribution in [2.24, 2.45) is 5.73 Å². The van der Waals surface area contributed by atoms with Gasteiger partial charge in [0, 0.05) is 13.1 Å². The second kappa shape index (κ2) is 7.29. The summed E-state index contributed by atoms with van der Waals surface area (Å²) in [5, 5.41) is 6.86. The van der Waals surface area contributed by atoms with E-state index >= 15 is 0 Å². The third-order valence-electron chi connectivity index (χ3n) is 4.97. The summed E-state index contributed by atoms with van der Waals surface area (Å²) in [6.07, 6.45) is 9.27. The summed E-state index contributed by atoms with van der Waals surface area (Å²) in [6, 6.07) is 0. The molecule has 2 amide bonds. The topological polar surface area (TPSA) is 106 Å². The van der Waals surface area contributed by atoms with Gasteiger partial charge in [-0.3, -0.25) is 14.9 Å². The lowest BCUT2D eigenvalue weighted by molar-refractivity contribution is -0.132. The maximum Gasteiger partial charge on any atom is 0.248 e. The minimum atomic E-state index is -0.812. The first-order valence-electron chi connectivity index (χ1n) is 8.84. The summed E-state index contributed by atoms with van der Waals surface area (Å²) in [4.78, 5) is 30.6. The van der Waals surface area contributed by atoms with Gasteiger partial charge >= 0.3 is 0 Å². The monoisotopic (exact) mass is 334 g/mol. The molecule has 2 fully saturated rings. The highest BCUT2D eigenvalue weighted by Crippen LogP contribution is 2.27. The van der Waals surface area contributed by atoms with Gasteiger partial charge < -0.3 is 10.6 Å². The molecule has 1 aliphatic carbocycles. The van der Waals surface area contributed by atoms with Crippen molar-refractivity contribution in [3.05, 3.63) is 6.33 Å². The zero-order valence-corrected chi connectivity index (χ0v) is 14.0. The summed E-state index contributed by atoms with van der Waals surface area (Å²) in [6.45, 7) is 1.77. The van der Waals surface area contributed by atoms with Crippen LogP contribution in [0.1, 0.15) is 51.4 Å². The van der Waals surface area contributed by atoms with Crippen LogP contribution in [0.25, 0.3) is 0 Å². The number of amides is 2. The van der Waals surface area contributed by atoms with Crippen LogP contribution in [0.2, 0.25) is 0 Å². The Kier molecular flexibility index (Phi) is 5.13. The number of anilines is 1. The molecule has 0 aromatic carbocycles. The molecule has 1 aromatic rings. The van der Waals surface area contributed by atoms with Crippen molar-refractivity contribution in [2.45, 2.75) is 63.5 Å². The summed E-state index contributed by atoms with van der Waals surface area (Å²) >= 11 is 0. The molecular formula is C16H26N6O2. The van der Waals surface area contributed by atoms with Gasteiger partial charge in [0.15, 0.2) is 0 Å². The van der Waals surface area contributed by atoms with Crippen LogP contribution in [-0.4, -0.2) is 50.1 Å². The van der Waals surface area contributed by atoms with Crippen LogP contribution in [0.3, 0.4) is 0 Å². The van der Waals surface area contributed by atoms with E-state index in [0.717, 1.165) is 38.8 Å². The van der Waals surface area contributed by atoms with Crippen molar-refractivity contribution >= 4 is 17.8 Å². The lowest BCUT2D eigenvalue weighted by Crippen LogP contribution is -2.48. The number of rotatable bonds is 4. The number of hydrogen-bond acceptors (Lipinski definition) is 5. The maximum absolute atomic E-state index is 12.3. The fourth-order valence-corrected chi connectivity index (χ4v) is 3.45. The van der Waals surface area contributed by atoms with E-state index in [-0.39, 0.29) is 24.3 Å². The Morgan fingerprint density at radius 1 is 1.12 bits per heavy atom. The zero-order chi connectivity index (χ0) is 17.0. The Morgan fingerprint density at radius 3 is 2.46 bits per heavy atom. The molecule has 3 N–H and O–H groups in total. The number of nitrogens with one attached hydrogen (secondary N) is 1. The lowest BCUT2D eigenvalue weighted by Gasteiger charge is -2.21. The average molecular weight is 334 g/mol. The van der Waals surface area contributed by atoms with Crippen LogP contribution < -0.4 is 11.1 Å². The van der Waals surface area contributed by atoms with Crippen LogP contribution in [0, 0.1) is 0 Å². The maximum atomic E-state index is 12.3. The molecule has 8 nitrogen and oxygen atoms in total. The third kappa shape index (κ3) is 3.92. The van der Waals surface area contributed by atoms with Crippen molar-refractivity contribution in [3.8, 4) is 0 Å². The first kappa shape index (κ1) is 16.9. The Morgan fingerprint density at radius 2 is 1.79 bits per heavy atom. The summed E-state index contributed by atoms with van der Waals surface area (Å²) in [5.41, 5.74) is 5.30. The Labute approximate surface area is 141 Å². The molecule has 0 atom stereocenters. The summed E-state index contributed by atoms with van der Waals surface area (Å²) < 4.78 is 1.47. The van der Waals surface area contributed by atoms with Crippen molar-refractivity contribution in [1.29, 1.82) is 0 Å². The van der Waals surface area contributed by atoms with E-state index in [1.165, 1.54) is 23.9 Å². The largest absolute Gasteiger partial charge is 0.341 e. The molecule has 2 heterocycles. The van der Waals surface area contributed by atoms with Crippen LogP contribution in [-0.2, 0) is 16.1 Å². The zero-order valence-electron chi connectivity index (χ0n) is 14.0. The third-order valence-corrected chi connectivity index (χ3v) is 4.97. The van der Waals surface area contributed by atoms with Gasteiger partial charge in [-0.25, -0.2) is 9.67 Å². The molecule has 0 spiro atoms. The minimum absolute atomic E-state index is 0.0470. The standard InChI is InChI=1S/C16H26N6O2/c17-16(7-3-4-8-16)14(24)19-15-18-12-22(20-15)11-13(23)21-9-5-1-2-6-10-21/h12H,1-11,17H2,(H,19,20,24). The van der Waals surface area contributed by atoms with Gasteiger partial charge in [-0.05, 0) is 25.7 Å². The summed E-state index contributed by atoms with van der Waals surface area (Å²) in [7, 11) is 0. The molecule has 0 unspecified atom stereocenters. The highest BCUT2D eigenvalue weighted by molar-refractivity contribution is 5.96. The number of aromatic nitrogens is 3. The van der Waals surface area contributed by atoms with Gasteiger partial charge in [-0.15, -0.1) is 5.10 Å². The molecule has 2 aliphatic rings. The van der Waals surface area contributed by atoms with E-state index in [1.54, 1.807) is 0 Å². The molecule has 3 rings (SSSR count). The molecular weight excluding hydrogens is 308 g/mol. The average Bonchev–Trinajstić information content (AvgIpc) is 3.09. The SMILES string of the molecule is NC1(C(=O)Nc2ncn(CC(=O)N3CCCCCC3)n2)CCCC1. The van der Waals surface area contributed by atoms with E-state index in [4.69, 9.17) is 5.73 Å². The van der Waals surface area contributed by atoms with Crippen molar-refractivity contribution in [2.75, 3.05) is 18.4 Å². The van der Waals surface area contributed by atoms with Gasteiger partial charge in [0.1, 0.15) is 12.9 Å². The number of nitrogens with zero attached hydrogens (tertiary/aromatic N) is 4. The number of carbonyl (C=O) groups is 2. The second-order valence-corrected chi connectivity index (χ2v) is 6.88. The molecule has 0 bridgehead atoms. The number of likely N-dealkylation sites (tertiary alicyclic amines) is 1. The minimum Gasteiger partial charge on any atom is -0.341 e. The normalized spacial score (nSPS) is 20.6. The van der Waals surface area contributed by atoms with Gasteiger partial charge in [-0.1, -0.05) is 25.7 Å². The fourth-order valence-electron chi connectivity index (χ4n) is 3.45. The molecule has 1 aliphatic heterocycles. The summed E-state index contributed by atoms with van der Waals surface area (Å²) in [5.74, 6) is 0.0164. The van der Waals surface area contributed by atoms with Crippen LogP contribution in [0.15, 0.2) is 6.33 Å². The van der Waals surface area contributed by atoms with Crippen LogP contribution in [0.5, 0.6) is 0 Å². The molecule has 8 heteroatoms. The smallest absolute Gasteiger partial charge is 0.248 e. The quantitative estimate of drug-likeness (QED) is 0.850. The van der Waals surface area contributed by atoms with E-state index < -0.39 is 5.54 Å². The number of hydrogen-bond donors (Lipinski definition) is 2. The van der Waals surface area contributed by atoms with E-state index in [1.807, 2.05) is 4.90 Å². The van der Waals surface area contributed by atoms with Crippen molar-refractivity contribution in [3.63, 3.8) is 0 Å². The molecule has 1 aromatic heterocycles. The van der Waals surface area contributed by atoms with Gasteiger partial charge in [-0.2, -0.15) is 0 Å². The highest BCUT2D eigenvalue weighted by atomic mass is 16.2. The number of carbonyl (C=O) groups excluding carboxylic acids is 2. The van der Waals surface area contributed by atoms with Crippen LogP contribution in [0.4, 0.5) is 5.95 Å². The fraction of sp³-hybridized carbons (Fsp3) is 0.750. The van der Waals surface area contributed by atoms with E-state index in [0.29, 0.717) is 12.8 Å². The predicted molar refractivity (Wildman–Crippen MR) is 89.1 cm³/mol.